The summed E-state index contributed by atoms with van der Waals surface area (Å²) < 4.78 is 1.31. The molecule has 0 saturated carbocycles. The average molecular weight is 265 g/mol. The first-order chi connectivity index (χ1) is 8.93. The lowest BCUT2D eigenvalue weighted by Gasteiger charge is -2.18. The Hall–Kier alpha value is -1.69. The number of rotatable bonds is 3. The van der Waals surface area contributed by atoms with Crippen LogP contribution in [-0.4, -0.2) is 44.4 Å². The zero-order valence-electron chi connectivity index (χ0n) is 11.3. The van der Waals surface area contributed by atoms with Crippen molar-refractivity contribution in [2.75, 3.05) is 13.1 Å². The number of hydrogen-bond acceptors (Lipinski definition) is 4. The van der Waals surface area contributed by atoms with Crippen LogP contribution in [0.3, 0.4) is 0 Å². The fourth-order valence-electron chi connectivity index (χ4n) is 2.22. The first-order valence-electron chi connectivity index (χ1n) is 6.53. The molecule has 2 rings (SSSR count). The molecule has 1 atom stereocenters. The minimum atomic E-state index is -0.826. The number of likely N-dealkylation sites (tertiary alicyclic amines) is 1. The third-order valence-electron chi connectivity index (χ3n) is 3.26. The highest BCUT2D eigenvalue weighted by atomic mass is 16.3. The lowest BCUT2D eigenvalue weighted by atomic mass is 10.1. The van der Waals surface area contributed by atoms with E-state index in [9.17, 15) is 14.7 Å². The minimum absolute atomic E-state index is 0.202. The van der Waals surface area contributed by atoms with Crippen LogP contribution in [0, 0.1) is 0 Å². The summed E-state index contributed by atoms with van der Waals surface area (Å²) in [6, 6.07) is 2.81. The van der Waals surface area contributed by atoms with Gasteiger partial charge in [0.2, 0.25) is 0 Å². The maximum Gasteiger partial charge on any atom is 0.274 e. The second kappa shape index (κ2) is 5.13. The number of β-amino-alcohol motifs (C(OH)–C–C–N with tert-alkyl or cyclic N) is 1. The fourth-order valence-corrected chi connectivity index (χ4v) is 2.22. The summed E-state index contributed by atoms with van der Waals surface area (Å²) in [5.41, 5.74) is -0.773. The molecule has 1 aromatic rings. The van der Waals surface area contributed by atoms with Gasteiger partial charge in [0, 0.05) is 25.7 Å². The molecule has 0 radical (unpaired) electrons. The third kappa shape index (κ3) is 3.01. The Morgan fingerprint density at radius 3 is 2.84 bits per heavy atom. The van der Waals surface area contributed by atoms with Crippen molar-refractivity contribution in [2.24, 2.45) is 0 Å². The van der Waals surface area contributed by atoms with E-state index in [0.717, 1.165) is 6.42 Å². The van der Waals surface area contributed by atoms with E-state index in [1.165, 1.54) is 16.8 Å². The van der Waals surface area contributed by atoms with Crippen molar-refractivity contribution in [2.45, 2.75) is 38.8 Å². The van der Waals surface area contributed by atoms with Crippen molar-refractivity contribution < 1.29 is 9.90 Å². The molecule has 1 aliphatic heterocycles. The maximum atomic E-state index is 12.2. The summed E-state index contributed by atoms with van der Waals surface area (Å²) in [6.07, 6.45) is 1.34. The molecular formula is C13H19N3O3. The van der Waals surface area contributed by atoms with Gasteiger partial charge >= 0.3 is 0 Å². The molecular weight excluding hydrogens is 246 g/mol. The van der Waals surface area contributed by atoms with Crippen LogP contribution in [0.2, 0.25) is 0 Å². The Morgan fingerprint density at radius 1 is 1.53 bits per heavy atom. The standard InChI is InChI=1S/C13H19N3O3/c1-3-7-16-11(17)5-4-10(14-16)12(18)15-8-6-13(2,19)9-15/h4-5,19H,3,6-9H2,1-2H3. The number of hydrogen-bond donors (Lipinski definition) is 1. The van der Waals surface area contributed by atoms with Crippen molar-refractivity contribution in [1.82, 2.24) is 14.7 Å². The van der Waals surface area contributed by atoms with Crippen LogP contribution >= 0.6 is 0 Å². The summed E-state index contributed by atoms with van der Waals surface area (Å²) in [6.45, 7) is 4.98. The van der Waals surface area contributed by atoms with E-state index in [1.54, 1.807) is 11.8 Å². The number of aliphatic hydroxyl groups is 1. The van der Waals surface area contributed by atoms with Gasteiger partial charge in [-0.25, -0.2) is 4.68 Å². The Kier molecular flexibility index (Phi) is 3.71. The smallest absolute Gasteiger partial charge is 0.274 e. The number of aryl methyl sites for hydroxylation is 1. The molecule has 1 amide bonds. The SMILES string of the molecule is CCCn1nc(C(=O)N2CCC(C)(O)C2)ccc1=O. The van der Waals surface area contributed by atoms with Gasteiger partial charge in [-0.15, -0.1) is 0 Å². The molecule has 2 heterocycles. The molecule has 1 aromatic heterocycles. The quantitative estimate of drug-likeness (QED) is 0.850. The van der Waals surface area contributed by atoms with Gasteiger partial charge in [0.15, 0.2) is 0 Å². The predicted molar refractivity (Wildman–Crippen MR) is 69.9 cm³/mol. The van der Waals surface area contributed by atoms with Crippen LogP contribution in [-0.2, 0) is 6.54 Å². The molecule has 19 heavy (non-hydrogen) atoms. The number of carbonyl (C=O) groups is 1. The highest BCUT2D eigenvalue weighted by molar-refractivity contribution is 5.92. The topological polar surface area (TPSA) is 75.4 Å². The Morgan fingerprint density at radius 2 is 2.26 bits per heavy atom. The molecule has 104 valence electrons. The molecule has 6 heteroatoms. The van der Waals surface area contributed by atoms with E-state index in [-0.39, 0.29) is 17.2 Å². The van der Waals surface area contributed by atoms with Crippen molar-refractivity contribution in [3.8, 4) is 0 Å². The zero-order chi connectivity index (χ0) is 14.0. The first kappa shape index (κ1) is 13.7. The van der Waals surface area contributed by atoms with E-state index in [2.05, 4.69) is 5.10 Å². The molecule has 0 bridgehead atoms. The van der Waals surface area contributed by atoms with Crippen LogP contribution in [0.4, 0.5) is 0 Å². The van der Waals surface area contributed by atoms with E-state index in [4.69, 9.17) is 0 Å². The Bertz CT molecular complexity index is 536. The third-order valence-corrected chi connectivity index (χ3v) is 3.26. The van der Waals surface area contributed by atoms with E-state index < -0.39 is 5.60 Å². The van der Waals surface area contributed by atoms with Gasteiger partial charge in [0.05, 0.1) is 5.60 Å². The minimum Gasteiger partial charge on any atom is -0.388 e. The summed E-state index contributed by atoms with van der Waals surface area (Å²) >= 11 is 0. The summed E-state index contributed by atoms with van der Waals surface area (Å²) in [7, 11) is 0. The van der Waals surface area contributed by atoms with E-state index in [0.29, 0.717) is 26.1 Å². The zero-order valence-corrected chi connectivity index (χ0v) is 11.3. The lowest BCUT2D eigenvalue weighted by molar-refractivity contribution is 0.0567. The molecule has 0 spiro atoms. The molecule has 1 aliphatic rings. The Balaban J connectivity index is 2.20. The molecule has 6 nitrogen and oxygen atoms in total. The van der Waals surface area contributed by atoms with Crippen molar-refractivity contribution in [1.29, 1.82) is 0 Å². The normalized spacial score (nSPS) is 22.8. The van der Waals surface area contributed by atoms with E-state index >= 15 is 0 Å². The van der Waals surface area contributed by atoms with Crippen molar-refractivity contribution in [3.63, 3.8) is 0 Å². The van der Waals surface area contributed by atoms with Crippen LogP contribution < -0.4 is 5.56 Å². The van der Waals surface area contributed by atoms with Crippen LogP contribution in [0.25, 0.3) is 0 Å². The van der Waals surface area contributed by atoms with E-state index in [1.807, 2.05) is 6.92 Å². The van der Waals surface area contributed by atoms with Crippen LogP contribution in [0.1, 0.15) is 37.2 Å². The summed E-state index contributed by atoms with van der Waals surface area (Å²) in [5.74, 6) is -0.234. The number of carbonyl (C=O) groups excluding carboxylic acids is 1. The molecule has 0 aliphatic carbocycles. The summed E-state index contributed by atoms with van der Waals surface area (Å²) in [4.78, 5) is 25.4. The molecule has 1 unspecified atom stereocenters. The molecule has 1 N–H and O–H groups in total. The highest BCUT2D eigenvalue weighted by Gasteiger charge is 2.34. The highest BCUT2D eigenvalue weighted by Crippen LogP contribution is 2.21. The van der Waals surface area contributed by atoms with Gasteiger partial charge in [0.25, 0.3) is 11.5 Å². The van der Waals surface area contributed by atoms with Gasteiger partial charge < -0.3 is 10.0 Å². The molecule has 0 aromatic carbocycles. The van der Waals surface area contributed by atoms with Gasteiger partial charge in [-0.3, -0.25) is 9.59 Å². The largest absolute Gasteiger partial charge is 0.388 e. The Labute approximate surface area is 111 Å². The van der Waals surface area contributed by atoms with Crippen molar-refractivity contribution in [3.05, 3.63) is 28.2 Å². The van der Waals surface area contributed by atoms with Crippen LogP contribution in [0.15, 0.2) is 16.9 Å². The van der Waals surface area contributed by atoms with Gasteiger partial charge in [-0.2, -0.15) is 5.10 Å². The number of nitrogens with zero attached hydrogens (tertiary/aromatic N) is 3. The predicted octanol–water partition coefficient (Wildman–Crippen LogP) is 0.250. The monoisotopic (exact) mass is 265 g/mol. The second-order valence-corrected chi connectivity index (χ2v) is 5.25. The average Bonchev–Trinajstić information content (AvgIpc) is 2.72. The molecule has 1 fully saturated rings. The second-order valence-electron chi connectivity index (χ2n) is 5.25. The lowest BCUT2D eigenvalue weighted by Crippen LogP contribution is -2.35. The van der Waals surface area contributed by atoms with Crippen molar-refractivity contribution >= 4 is 5.91 Å². The molecule has 1 saturated heterocycles. The van der Waals surface area contributed by atoms with Gasteiger partial charge in [-0.1, -0.05) is 6.92 Å². The number of amides is 1. The van der Waals surface area contributed by atoms with Crippen LogP contribution in [0.5, 0.6) is 0 Å². The maximum absolute atomic E-state index is 12.2. The van der Waals surface area contributed by atoms with Gasteiger partial charge in [-0.05, 0) is 25.8 Å². The first-order valence-corrected chi connectivity index (χ1v) is 6.53. The van der Waals surface area contributed by atoms with Gasteiger partial charge in [0.1, 0.15) is 5.69 Å². The number of aromatic nitrogens is 2. The summed E-state index contributed by atoms with van der Waals surface area (Å²) in [5, 5.41) is 14.0. The fraction of sp³-hybridized carbons (Fsp3) is 0.615.